The molecule has 0 aliphatic heterocycles. The van der Waals surface area contributed by atoms with Gasteiger partial charge < -0.3 is 14.4 Å². The van der Waals surface area contributed by atoms with Crippen molar-refractivity contribution < 1.29 is 19.1 Å². The molecule has 0 saturated carbocycles. The molecular weight excluding hydrogens is 282 g/mol. The molecule has 1 rings (SSSR count). The van der Waals surface area contributed by atoms with Gasteiger partial charge in [-0.2, -0.15) is 0 Å². The Morgan fingerprint density at radius 2 is 1.77 bits per heavy atom. The van der Waals surface area contributed by atoms with E-state index in [2.05, 4.69) is 0 Å². The van der Waals surface area contributed by atoms with E-state index < -0.39 is 0 Å². The summed E-state index contributed by atoms with van der Waals surface area (Å²) in [4.78, 5) is 25.3. The zero-order chi connectivity index (χ0) is 16.2. The molecule has 22 heavy (non-hydrogen) atoms. The van der Waals surface area contributed by atoms with Gasteiger partial charge in [-0.1, -0.05) is 25.1 Å². The molecular formula is C17H25NO4. The monoisotopic (exact) mass is 307 g/mol. The van der Waals surface area contributed by atoms with E-state index in [9.17, 15) is 9.59 Å². The third kappa shape index (κ3) is 7.11. The number of ether oxygens (including phenoxy) is 2. The average Bonchev–Trinajstić information content (AvgIpc) is 2.52. The van der Waals surface area contributed by atoms with Gasteiger partial charge in [0.1, 0.15) is 5.75 Å². The van der Waals surface area contributed by atoms with Gasteiger partial charge in [0.2, 0.25) is 5.91 Å². The summed E-state index contributed by atoms with van der Waals surface area (Å²) in [5.41, 5.74) is 0. The van der Waals surface area contributed by atoms with Gasteiger partial charge in [-0.15, -0.1) is 0 Å². The van der Waals surface area contributed by atoms with Crippen molar-refractivity contribution in [2.75, 3.05) is 26.3 Å². The highest BCUT2D eigenvalue weighted by atomic mass is 16.5. The van der Waals surface area contributed by atoms with E-state index in [1.807, 2.05) is 37.3 Å². The predicted molar refractivity (Wildman–Crippen MR) is 84.7 cm³/mol. The average molecular weight is 307 g/mol. The second kappa shape index (κ2) is 10.7. The van der Waals surface area contributed by atoms with Gasteiger partial charge in [0.25, 0.3) is 0 Å². The number of rotatable bonds is 10. The van der Waals surface area contributed by atoms with Crippen LogP contribution in [-0.2, 0) is 14.3 Å². The Balaban J connectivity index is 2.35. The van der Waals surface area contributed by atoms with E-state index in [0.717, 1.165) is 12.2 Å². The molecule has 0 heterocycles. The first-order valence-corrected chi connectivity index (χ1v) is 7.78. The molecule has 0 fully saturated rings. The number of amides is 1. The molecule has 0 aliphatic rings. The van der Waals surface area contributed by atoms with Crippen LogP contribution in [0.5, 0.6) is 5.75 Å². The van der Waals surface area contributed by atoms with Gasteiger partial charge in [0.15, 0.2) is 0 Å². The Hall–Kier alpha value is -2.04. The Morgan fingerprint density at radius 1 is 1.05 bits per heavy atom. The van der Waals surface area contributed by atoms with E-state index >= 15 is 0 Å². The van der Waals surface area contributed by atoms with Crippen molar-refractivity contribution in [3.8, 4) is 5.75 Å². The first-order chi connectivity index (χ1) is 10.7. The second-order valence-corrected chi connectivity index (χ2v) is 4.85. The largest absolute Gasteiger partial charge is 0.493 e. The lowest BCUT2D eigenvalue weighted by atomic mass is 10.3. The Morgan fingerprint density at radius 3 is 2.41 bits per heavy atom. The van der Waals surface area contributed by atoms with Crippen LogP contribution in [0.1, 0.15) is 33.1 Å². The standard InChI is InChI=1S/C17H25NO4/c1-3-12-18(13-10-17(20)21-4-2)16(19)11-14-22-15-8-6-5-7-9-15/h5-9H,3-4,10-14H2,1-2H3. The van der Waals surface area contributed by atoms with Gasteiger partial charge in [-0.3, -0.25) is 9.59 Å². The summed E-state index contributed by atoms with van der Waals surface area (Å²) in [7, 11) is 0. The van der Waals surface area contributed by atoms with E-state index in [-0.39, 0.29) is 18.3 Å². The third-order valence-electron chi connectivity index (χ3n) is 3.07. The maximum Gasteiger partial charge on any atom is 0.307 e. The van der Waals surface area contributed by atoms with Crippen molar-refractivity contribution in [2.24, 2.45) is 0 Å². The van der Waals surface area contributed by atoms with Crippen LogP contribution < -0.4 is 4.74 Å². The molecule has 0 N–H and O–H groups in total. The quantitative estimate of drug-likeness (QED) is 0.624. The summed E-state index contributed by atoms with van der Waals surface area (Å²) < 4.78 is 10.4. The maximum absolute atomic E-state index is 12.2. The molecule has 1 amide bonds. The fraction of sp³-hybridized carbons (Fsp3) is 0.529. The smallest absolute Gasteiger partial charge is 0.307 e. The molecule has 1 aromatic rings. The Bertz CT molecular complexity index is 447. The fourth-order valence-corrected chi connectivity index (χ4v) is 2.02. The molecule has 0 spiro atoms. The van der Waals surface area contributed by atoms with E-state index in [0.29, 0.717) is 32.7 Å². The van der Waals surface area contributed by atoms with Crippen LogP contribution in [0.15, 0.2) is 30.3 Å². The van der Waals surface area contributed by atoms with Crippen molar-refractivity contribution in [1.29, 1.82) is 0 Å². The van der Waals surface area contributed by atoms with E-state index in [4.69, 9.17) is 9.47 Å². The number of hydrogen-bond donors (Lipinski definition) is 0. The molecule has 0 radical (unpaired) electrons. The molecule has 0 aromatic heterocycles. The summed E-state index contributed by atoms with van der Waals surface area (Å²) in [5, 5.41) is 0. The lowest BCUT2D eigenvalue weighted by Crippen LogP contribution is -2.34. The first-order valence-electron chi connectivity index (χ1n) is 7.78. The van der Waals surface area contributed by atoms with Crippen molar-refractivity contribution in [1.82, 2.24) is 4.90 Å². The zero-order valence-corrected chi connectivity index (χ0v) is 13.4. The van der Waals surface area contributed by atoms with Crippen LogP contribution in [0.3, 0.4) is 0 Å². The van der Waals surface area contributed by atoms with E-state index in [1.165, 1.54) is 0 Å². The van der Waals surface area contributed by atoms with Crippen LogP contribution in [0.4, 0.5) is 0 Å². The number of carbonyl (C=O) groups is 2. The number of carbonyl (C=O) groups excluding carboxylic acids is 2. The minimum Gasteiger partial charge on any atom is -0.493 e. The molecule has 5 nitrogen and oxygen atoms in total. The summed E-state index contributed by atoms with van der Waals surface area (Å²) >= 11 is 0. The summed E-state index contributed by atoms with van der Waals surface area (Å²) in [6.45, 7) is 5.52. The molecule has 0 saturated heterocycles. The van der Waals surface area contributed by atoms with Crippen LogP contribution >= 0.6 is 0 Å². The lowest BCUT2D eigenvalue weighted by molar-refractivity contribution is -0.144. The van der Waals surface area contributed by atoms with Crippen LogP contribution in [0, 0.1) is 0 Å². The maximum atomic E-state index is 12.2. The van der Waals surface area contributed by atoms with Crippen molar-refractivity contribution in [2.45, 2.75) is 33.1 Å². The van der Waals surface area contributed by atoms with Crippen LogP contribution in [0.25, 0.3) is 0 Å². The third-order valence-corrected chi connectivity index (χ3v) is 3.07. The summed E-state index contributed by atoms with van der Waals surface area (Å²) in [6, 6.07) is 9.40. The SMILES string of the molecule is CCCN(CCC(=O)OCC)C(=O)CCOc1ccccc1. The van der Waals surface area contributed by atoms with Gasteiger partial charge in [-0.25, -0.2) is 0 Å². The highest BCUT2D eigenvalue weighted by molar-refractivity contribution is 5.77. The normalized spacial score (nSPS) is 10.1. The molecule has 0 unspecified atom stereocenters. The molecule has 0 aliphatic carbocycles. The number of esters is 1. The molecule has 5 heteroatoms. The number of hydrogen-bond acceptors (Lipinski definition) is 4. The predicted octanol–water partition coefficient (Wildman–Crippen LogP) is 2.65. The minimum atomic E-state index is -0.267. The first kappa shape index (κ1) is 18.0. The Kier molecular flexibility index (Phi) is 8.72. The van der Waals surface area contributed by atoms with Gasteiger partial charge >= 0.3 is 5.97 Å². The topological polar surface area (TPSA) is 55.8 Å². The molecule has 0 bridgehead atoms. The number of para-hydroxylation sites is 1. The van der Waals surface area contributed by atoms with E-state index in [1.54, 1.807) is 11.8 Å². The van der Waals surface area contributed by atoms with Crippen LogP contribution in [-0.4, -0.2) is 43.1 Å². The molecule has 0 atom stereocenters. The summed E-state index contributed by atoms with van der Waals surface area (Å²) in [5.74, 6) is 0.489. The fourth-order valence-electron chi connectivity index (χ4n) is 2.02. The Labute approximate surface area is 132 Å². The molecule has 1 aromatic carbocycles. The lowest BCUT2D eigenvalue weighted by Gasteiger charge is -2.21. The highest BCUT2D eigenvalue weighted by Gasteiger charge is 2.14. The minimum absolute atomic E-state index is 0.00193. The highest BCUT2D eigenvalue weighted by Crippen LogP contribution is 2.09. The van der Waals surface area contributed by atoms with Gasteiger partial charge in [-0.05, 0) is 25.5 Å². The number of benzene rings is 1. The van der Waals surface area contributed by atoms with Crippen molar-refractivity contribution >= 4 is 11.9 Å². The second-order valence-electron chi connectivity index (χ2n) is 4.85. The van der Waals surface area contributed by atoms with Gasteiger partial charge in [0.05, 0.1) is 26.1 Å². The van der Waals surface area contributed by atoms with Crippen molar-refractivity contribution in [3.05, 3.63) is 30.3 Å². The number of nitrogens with zero attached hydrogens (tertiary/aromatic N) is 1. The van der Waals surface area contributed by atoms with Crippen molar-refractivity contribution in [3.63, 3.8) is 0 Å². The summed E-state index contributed by atoms with van der Waals surface area (Å²) in [6.07, 6.45) is 1.39. The zero-order valence-electron chi connectivity index (χ0n) is 13.4. The van der Waals surface area contributed by atoms with Gasteiger partial charge in [0, 0.05) is 13.1 Å². The van der Waals surface area contributed by atoms with Crippen LogP contribution in [0.2, 0.25) is 0 Å². The molecule has 122 valence electrons.